The van der Waals surface area contributed by atoms with E-state index < -0.39 is 0 Å². The molecule has 1 aromatic heterocycles. The summed E-state index contributed by atoms with van der Waals surface area (Å²) in [5.41, 5.74) is 0. The summed E-state index contributed by atoms with van der Waals surface area (Å²) < 4.78 is 7.65. The summed E-state index contributed by atoms with van der Waals surface area (Å²) in [6, 6.07) is 0.329. The lowest BCUT2D eigenvalue weighted by atomic mass is 10.1. The van der Waals surface area contributed by atoms with Gasteiger partial charge in [0, 0.05) is 25.7 Å². The number of carbonyl (C=O) groups is 1. The molecule has 1 atom stereocenters. The third-order valence-electron chi connectivity index (χ3n) is 5.39. The monoisotopic (exact) mass is 409 g/mol. The Bertz CT molecular complexity index is 622. The fourth-order valence-electron chi connectivity index (χ4n) is 3.84. The maximum atomic E-state index is 12.8. The number of thioether (sulfide) groups is 1. The number of nitrogens with one attached hydrogen (secondary N) is 1. The van der Waals surface area contributed by atoms with Gasteiger partial charge in [-0.3, -0.25) is 9.36 Å². The number of ether oxygens (including phenoxy) is 1. The minimum absolute atomic E-state index is 0.115. The van der Waals surface area contributed by atoms with E-state index in [1.807, 2.05) is 6.92 Å². The highest BCUT2D eigenvalue weighted by atomic mass is 32.2. The molecular weight excluding hydrogens is 374 g/mol. The summed E-state index contributed by atoms with van der Waals surface area (Å²) in [6.07, 6.45) is 7.23. The third kappa shape index (κ3) is 5.86. The van der Waals surface area contributed by atoms with Crippen molar-refractivity contribution in [1.29, 1.82) is 0 Å². The largest absolute Gasteiger partial charge is 0.378 e. The molecule has 1 aliphatic carbocycles. The molecule has 1 unspecified atom stereocenters. The molecule has 2 heterocycles. The van der Waals surface area contributed by atoms with Crippen molar-refractivity contribution in [3.63, 3.8) is 0 Å². The van der Waals surface area contributed by atoms with Crippen molar-refractivity contribution in [3.8, 4) is 0 Å². The molecular formula is C20H35N5O2S. The Labute approximate surface area is 173 Å². The first-order valence-corrected chi connectivity index (χ1v) is 11.7. The van der Waals surface area contributed by atoms with Crippen LogP contribution in [0.4, 0.5) is 5.95 Å². The van der Waals surface area contributed by atoms with Crippen molar-refractivity contribution in [2.75, 3.05) is 31.2 Å². The number of amides is 1. The van der Waals surface area contributed by atoms with Crippen LogP contribution in [0.1, 0.15) is 59.3 Å². The van der Waals surface area contributed by atoms with Gasteiger partial charge in [0.25, 0.3) is 0 Å². The zero-order valence-corrected chi connectivity index (χ0v) is 18.3. The molecule has 8 heteroatoms. The van der Waals surface area contributed by atoms with Crippen LogP contribution in [0.25, 0.3) is 0 Å². The highest BCUT2D eigenvalue weighted by molar-refractivity contribution is 8.00. The van der Waals surface area contributed by atoms with Crippen LogP contribution in [0.3, 0.4) is 0 Å². The van der Waals surface area contributed by atoms with Crippen LogP contribution >= 0.6 is 11.8 Å². The molecule has 1 aromatic rings. The van der Waals surface area contributed by atoms with Gasteiger partial charge in [0.2, 0.25) is 11.9 Å². The first-order chi connectivity index (χ1) is 13.5. The second-order valence-electron chi connectivity index (χ2n) is 8.34. The summed E-state index contributed by atoms with van der Waals surface area (Å²) in [5.74, 6) is 1.49. The van der Waals surface area contributed by atoms with Crippen LogP contribution in [0.5, 0.6) is 0 Å². The molecule has 2 fully saturated rings. The van der Waals surface area contributed by atoms with Gasteiger partial charge in [-0.25, -0.2) is 0 Å². The minimum Gasteiger partial charge on any atom is -0.378 e. The van der Waals surface area contributed by atoms with E-state index >= 15 is 0 Å². The topological polar surface area (TPSA) is 72.3 Å². The molecule has 28 heavy (non-hydrogen) atoms. The van der Waals surface area contributed by atoms with Crippen molar-refractivity contribution >= 4 is 23.6 Å². The van der Waals surface area contributed by atoms with Crippen LogP contribution in [0.2, 0.25) is 0 Å². The molecule has 158 valence electrons. The van der Waals surface area contributed by atoms with Gasteiger partial charge < -0.3 is 15.0 Å². The van der Waals surface area contributed by atoms with Crippen molar-refractivity contribution < 1.29 is 9.53 Å². The lowest BCUT2D eigenvalue weighted by Crippen LogP contribution is -2.39. The summed E-state index contributed by atoms with van der Waals surface area (Å²) in [5, 5.41) is 12.8. The molecule has 1 saturated carbocycles. The zero-order chi connectivity index (χ0) is 19.9. The number of morpholine rings is 1. The second kappa shape index (κ2) is 10.5. The van der Waals surface area contributed by atoms with E-state index in [1.54, 1.807) is 0 Å². The molecule has 2 aliphatic rings. The second-order valence-corrected chi connectivity index (χ2v) is 9.65. The van der Waals surface area contributed by atoms with Crippen LogP contribution in [-0.2, 0) is 16.1 Å². The van der Waals surface area contributed by atoms with Crippen molar-refractivity contribution in [2.45, 2.75) is 82.3 Å². The van der Waals surface area contributed by atoms with Crippen LogP contribution in [0, 0.1) is 5.92 Å². The number of nitrogens with zero attached hydrogens (tertiary/aromatic N) is 4. The van der Waals surface area contributed by atoms with Gasteiger partial charge in [-0.05, 0) is 25.7 Å². The maximum absolute atomic E-state index is 12.8. The molecule has 1 saturated heterocycles. The van der Waals surface area contributed by atoms with Gasteiger partial charge in [0.1, 0.15) is 0 Å². The number of anilines is 1. The van der Waals surface area contributed by atoms with E-state index in [4.69, 9.17) is 4.74 Å². The number of aromatic nitrogens is 3. The Morgan fingerprint density at radius 3 is 2.46 bits per heavy atom. The predicted octanol–water partition coefficient (Wildman–Crippen LogP) is 3.09. The number of hydrogen-bond acceptors (Lipinski definition) is 6. The highest BCUT2D eigenvalue weighted by Crippen LogP contribution is 2.27. The normalized spacial score (nSPS) is 20.2. The van der Waals surface area contributed by atoms with Crippen molar-refractivity contribution in [1.82, 2.24) is 20.1 Å². The van der Waals surface area contributed by atoms with Crippen molar-refractivity contribution in [2.24, 2.45) is 5.92 Å². The van der Waals surface area contributed by atoms with E-state index in [0.717, 1.165) is 56.8 Å². The summed E-state index contributed by atoms with van der Waals surface area (Å²) in [7, 11) is 0. The first kappa shape index (κ1) is 21.4. The molecule has 0 aromatic carbocycles. The number of hydrogen-bond donors (Lipinski definition) is 1. The lowest BCUT2D eigenvalue weighted by Gasteiger charge is -2.28. The van der Waals surface area contributed by atoms with E-state index in [2.05, 4.69) is 38.8 Å². The summed E-state index contributed by atoms with van der Waals surface area (Å²) in [4.78, 5) is 15.0. The quantitative estimate of drug-likeness (QED) is 0.551. The molecule has 0 spiro atoms. The van der Waals surface area contributed by atoms with E-state index in [1.165, 1.54) is 37.4 Å². The van der Waals surface area contributed by atoms with Gasteiger partial charge in [-0.1, -0.05) is 51.3 Å². The minimum atomic E-state index is -0.184. The Morgan fingerprint density at radius 2 is 1.82 bits per heavy atom. The number of rotatable bonds is 7. The smallest absolute Gasteiger partial charge is 0.233 e. The lowest BCUT2D eigenvalue weighted by molar-refractivity contribution is -0.121. The fourth-order valence-corrected chi connectivity index (χ4v) is 4.71. The van der Waals surface area contributed by atoms with Gasteiger partial charge >= 0.3 is 0 Å². The Balaban J connectivity index is 1.66. The van der Waals surface area contributed by atoms with Crippen LogP contribution in [-0.4, -0.2) is 58.3 Å². The van der Waals surface area contributed by atoms with Gasteiger partial charge in [0.05, 0.1) is 18.5 Å². The zero-order valence-electron chi connectivity index (χ0n) is 17.5. The maximum Gasteiger partial charge on any atom is 0.233 e. The number of carbonyl (C=O) groups excluding carboxylic acids is 1. The highest BCUT2D eigenvalue weighted by Gasteiger charge is 2.25. The van der Waals surface area contributed by atoms with Crippen LogP contribution in [0.15, 0.2) is 5.16 Å². The Hall–Kier alpha value is -1.28. The average Bonchev–Trinajstić information content (AvgIpc) is 2.89. The third-order valence-corrected chi connectivity index (χ3v) is 6.47. The predicted molar refractivity (Wildman–Crippen MR) is 113 cm³/mol. The summed E-state index contributed by atoms with van der Waals surface area (Å²) in [6.45, 7) is 10.3. The average molecular weight is 410 g/mol. The molecule has 3 rings (SSSR count). The Kier molecular flexibility index (Phi) is 8.02. The van der Waals surface area contributed by atoms with Gasteiger partial charge in [-0.2, -0.15) is 0 Å². The van der Waals surface area contributed by atoms with E-state index in [0.29, 0.717) is 12.0 Å². The SMILES string of the molecule is CC(C)Cn1c(SC(C)C(=O)NC2CCCCCC2)nnc1N1CCOCC1. The van der Waals surface area contributed by atoms with Gasteiger partial charge in [-0.15, -0.1) is 10.2 Å². The van der Waals surface area contributed by atoms with E-state index in [9.17, 15) is 4.79 Å². The van der Waals surface area contributed by atoms with Crippen molar-refractivity contribution in [3.05, 3.63) is 0 Å². The fraction of sp³-hybridized carbons (Fsp3) is 0.850. The van der Waals surface area contributed by atoms with Crippen LogP contribution < -0.4 is 10.2 Å². The molecule has 1 amide bonds. The molecule has 0 bridgehead atoms. The van der Waals surface area contributed by atoms with Gasteiger partial charge in [0.15, 0.2) is 5.16 Å². The molecule has 0 radical (unpaired) electrons. The molecule has 1 N–H and O–H groups in total. The molecule has 7 nitrogen and oxygen atoms in total. The van der Waals surface area contributed by atoms with E-state index in [-0.39, 0.29) is 11.2 Å². The summed E-state index contributed by atoms with van der Waals surface area (Å²) >= 11 is 1.52. The first-order valence-electron chi connectivity index (χ1n) is 10.8. The standard InChI is InChI=1S/C20H35N5O2S/c1-15(2)14-25-19(24-10-12-27-13-11-24)22-23-20(25)28-16(3)18(26)21-17-8-6-4-5-7-9-17/h15-17H,4-14H2,1-3H3,(H,21,26). The Morgan fingerprint density at radius 1 is 1.14 bits per heavy atom. The molecule has 1 aliphatic heterocycles.